The van der Waals surface area contributed by atoms with E-state index in [4.69, 9.17) is 4.99 Å². The summed E-state index contributed by atoms with van der Waals surface area (Å²) in [5.41, 5.74) is 2.17. The molecule has 3 aromatic rings. The molecule has 3 heterocycles. The number of anilines is 2. The van der Waals surface area contributed by atoms with Crippen molar-refractivity contribution >= 4 is 40.7 Å². The van der Waals surface area contributed by atoms with Gasteiger partial charge in [0.25, 0.3) is 5.91 Å². The van der Waals surface area contributed by atoms with E-state index in [1.54, 1.807) is 24.7 Å². The van der Waals surface area contributed by atoms with Gasteiger partial charge >= 0.3 is 0 Å². The first-order valence-corrected chi connectivity index (χ1v) is 12.7. The number of likely N-dealkylation sites (N-methyl/N-ethyl adjacent to an activating group) is 1. The Bertz CT molecular complexity index is 1380. The lowest BCUT2D eigenvalue weighted by Gasteiger charge is -2.33. The summed E-state index contributed by atoms with van der Waals surface area (Å²) < 4.78 is 0. The van der Waals surface area contributed by atoms with Gasteiger partial charge in [-0.25, -0.2) is 15.0 Å². The predicted octanol–water partition coefficient (Wildman–Crippen LogP) is 4.33. The van der Waals surface area contributed by atoms with E-state index in [-0.39, 0.29) is 11.4 Å². The number of amides is 1. The highest BCUT2D eigenvalue weighted by Gasteiger charge is 2.17. The number of benzene rings is 1. The van der Waals surface area contributed by atoms with Gasteiger partial charge in [-0.1, -0.05) is 12.1 Å². The molecule has 0 spiro atoms. The number of hydrogen-bond acceptors (Lipinski definition) is 8. The van der Waals surface area contributed by atoms with Crippen molar-refractivity contribution in [1.29, 1.82) is 0 Å². The third-order valence-electron chi connectivity index (χ3n) is 6.22. The lowest BCUT2D eigenvalue weighted by Crippen LogP contribution is -2.44. The molecular formula is C29H36N8O. The standard InChI is InChI=1S/C29H36N8O/c1-20(33-26(19-30-5)35-29(2,3)4)21-7-8-23-18-32-25(16-24(23)15-21)34-28(38)22-9-10-31-27(17-22)37-13-11-36(6)12-14-37/h7-10,15-19,35H,5,11-14H2,1-4,6H3,(H,32,34,38)/b26-19+,33-20?. The van der Waals surface area contributed by atoms with Gasteiger partial charge < -0.3 is 20.4 Å². The Kier molecular flexibility index (Phi) is 8.16. The van der Waals surface area contributed by atoms with E-state index in [2.05, 4.69) is 69.9 Å². The number of piperazine rings is 1. The Morgan fingerprint density at radius 1 is 1.03 bits per heavy atom. The van der Waals surface area contributed by atoms with Crippen LogP contribution in [0.25, 0.3) is 10.8 Å². The van der Waals surface area contributed by atoms with Crippen molar-refractivity contribution < 1.29 is 4.79 Å². The van der Waals surface area contributed by atoms with Crippen LogP contribution in [-0.2, 0) is 0 Å². The van der Waals surface area contributed by atoms with Crippen molar-refractivity contribution in [2.45, 2.75) is 33.2 Å². The largest absolute Gasteiger partial charge is 0.364 e. The van der Waals surface area contributed by atoms with E-state index in [0.717, 1.165) is 54.0 Å². The molecule has 0 unspecified atom stereocenters. The fraction of sp³-hybridized carbons (Fsp3) is 0.345. The third-order valence-corrected chi connectivity index (χ3v) is 6.22. The van der Waals surface area contributed by atoms with Gasteiger partial charge in [-0.15, -0.1) is 0 Å². The minimum atomic E-state index is -0.219. The number of pyridine rings is 2. The first-order chi connectivity index (χ1) is 18.1. The summed E-state index contributed by atoms with van der Waals surface area (Å²) in [7, 11) is 2.11. The summed E-state index contributed by atoms with van der Waals surface area (Å²) >= 11 is 0. The topological polar surface area (TPSA) is 98.1 Å². The summed E-state index contributed by atoms with van der Waals surface area (Å²) in [6.45, 7) is 15.4. The number of aliphatic imine (C=N–C) groups is 2. The smallest absolute Gasteiger partial charge is 0.257 e. The highest BCUT2D eigenvalue weighted by molar-refractivity contribution is 6.06. The summed E-state index contributed by atoms with van der Waals surface area (Å²) in [6.07, 6.45) is 5.06. The van der Waals surface area contributed by atoms with Crippen molar-refractivity contribution in [1.82, 2.24) is 20.2 Å². The molecule has 1 aromatic carbocycles. The van der Waals surface area contributed by atoms with Crippen molar-refractivity contribution in [3.05, 3.63) is 71.9 Å². The summed E-state index contributed by atoms with van der Waals surface area (Å²) in [4.78, 5) is 35.1. The fourth-order valence-electron chi connectivity index (χ4n) is 4.20. The molecule has 4 rings (SSSR count). The van der Waals surface area contributed by atoms with Gasteiger partial charge in [-0.05, 0) is 76.7 Å². The Hall–Kier alpha value is -4.11. The van der Waals surface area contributed by atoms with E-state index in [1.807, 2.05) is 37.3 Å². The molecule has 1 aliphatic heterocycles. The second-order valence-electron chi connectivity index (χ2n) is 10.5. The molecule has 198 valence electrons. The molecule has 1 saturated heterocycles. The number of nitrogens with zero attached hydrogens (tertiary/aromatic N) is 6. The molecule has 2 N–H and O–H groups in total. The second kappa shape index (κ2) is 11.5. The molecule has 1 aliphatic rings. The van der Waals surface area contributed by atoms with Crippen LogP contribution in [0.2, 0.25) is 0 Å². The number of nitrogens with one attached hydrogen (secondary N) is 2. The maximum Gasteiger partial charge on any atom is 0.257 e. The Morgan fingerprint density at radius 3 is 2.50 bits per heavy atom. The zero-order valence-corrected chi connectivity index (χ0v) is 22.8. The van der Waals surface area contributed by atoms with E-state index < -0.39 is 0 Å². The number of carbonyl (C=O) groups excluding carboxylic acids is 1. The highest BCUT2D eigenvalue weighted by atomic mass is 16.1. The molecule has 38 heavy (non-hydrogen) atoms. The Balaban J connectivity index is 1.53. The Labute approximate surface area is 224 Å². The molecule has 2 aromatic heterocycles. The van der Waals surface area contributed by atoms with Crippen molar-refractivity contribution in [2.75, 3.05) is 43.4 Å². The lowest BCUT2D eigenvalue weighted by atomic mass is 10.1. The van der Waals surface area contributed by atoms with Crippen LogP contribution in [-0.4, -0.2) is 72.0 Å². The number of hydrogen-bond donors (Lipinski definition) is 2. The molecule has 1 fully saturated rings. The first-order valence-electron chi connectivity index (χ1n) is 12.7. The predicted molar refractivity (Wildman–Crippen MR) is 156 cm³/mol. The second-order valence-corrected chi connectivity index (χ2v) is 10.5. The van der Waals surface area contributed by atoms with Gasteiger partial charge in [0.15, 0.2) is 0 Å². The molecule has 0 saturated carbocycles. The van der Waals surface area contributed by atoms with Crippen LogP contribution in [0.4, 0.5) is 11.6 Å². The van der Waals surface area contributed by atoms with Crippen molar-refractivity contribution in [2.24, 2.45) is 9.98 Å². The average molecular weight is 513 g/mol. The van der Waals surface area contributed by atoms with Gasteiger partial charge in [-0.2, -0.15) is 0 Å². The lowest BCUT2D eigenvalue weighted by molar-refractivity contribution is 0.102. The van der Waals surface area contributed by atoms with E-state index in [0.29, 0.717) is 17.2 Å². The first kappa shape index (κ1) is 26.9. The molecular weight excluding hydrogens is 476 g/mol. The highest BCUT2D eigenvalue weighted by Crippen LogP contribution is 2.21. The van der Waals surface area contributed by atoms with Crippen LogP contribution in [0.15, 0.2) is 70.8 Å². The SMILES string of the molecule is C=N/C=C(\N=C(C)c1ccc2cnc(NC(=O)c3ccnc(N4CCN(C)CC4)c3)cc2c1)NC(C)(C)C. The minimum absolute atomic E-state index is 0.164. The van der Waals surface area contributed by atoms with Crippen molar-refractivity contribution in [3.8, 4) is 0 Å². The maximum atomic E-state index is 13.1. The average Bonchev–Trinajstić information content (AvgIpc) is 2.88. The molecule has 9 nitrogen and oxygen atoms in total. The van der Waals surface area contributed by atoms with E-state index in [1.165, 1.54) is 0 Å². The molecule has 9 heteroatoms. The number of carbonyl (C=O) groups is 1. The quantitative estimate of drug-likeness (QED) is 0.457. The number of rotatable bonds is 7. The zero-order valence-electron chi connectivity index (χ0n) is 22.8. The normalized spacial score (nSPS) is 15.4. The van der Waals surface area contributed by atoms with Gasteiger partial charge in [0.05, 0.1) is 6.20 Å². The Morgan fingerprint density at radius 2 is 1.79 bits per heavy atom. The van der Waals surface area contributed by atoms with Crippen LogP contribution in [0, 0.1) is 0 Å². The van der Waals surface area contributed by atoms with E-state index in [9.17, 15) is 4.79 Å². The van der Waals surface area contributed by atoms with Crippen LogP contribution in [0.1, 0.15) is 43.6 Å². The van der Waals surface area contributed by atoms with Crippen LogP contribution >= 0.6 is 0 Å². The van der Waals surface area contributed by atoms with Gasteiger partial charge in [0, 0.05) is 60.8 Å². The van der Waals surface area contributed by atoms with Crippen molar-refractivity contribution in [3.63, 3.8) is 0 Å². The molecule has 1 amide bonds. The molecule has 0 aliphatic carbocycles. The number of fused-ring (bicyclic) bond motifs is 1. The summed E-state index contributed by atoms with van der Waals surface area (Å²) in [5.74, 6) is 1.72. The fourth-order valence-corrected chi connectivity index (χ4v) is 4.20. The molecule has 0 radical (unpaired) electrons. The van der Waals surface area contributed by atoms with Crippen LogP contribution < -0.4 is 15.5 Å². The molecule has 0 bridgehead atoms. The van der Waals surface area contributed by atoms with Gasteiger partial charge in [0.2, 0.25) is 0 Å². The molecule has 0 atom stereocenters. The van der Waals surface area contributed by atoms with Crippen LogP contribution in [0.3, 0.4) is 0 Å². The maximum absolute atomic E-state index is 13.1. The van der Waals surface area contributed by atoms with Gasteiger partial charge in [0.1, 0.15) is 17.5 Å². The third kappa shape index (κ3) is 7.01. The summed E-state index contributed by atoms with van der Waals surface area (Å²) in [6, 6.07) is 11.5. The van der Waals surface area contributed by atoms with Gasteiger partial charge in [-0.3, -0.25) is 9.79 Å². The summed E-state index contributed by atoms with van der Waals surface area (Å²) in [5, 5.41) is 8.20. The minimum Gasteiger partial charge on any atom is -0.364 e. The number of aromatic nitrogens is 2. The van der Waals surface area contributed by atoms with Crippen LogP contribution in [0.5, 0.6) is 0 Å². The monoisotopic (exact) mass is 512 g/mol. The van der Waals surface area contributed by atoms with E-state index >= 15 is 0 Å². The zero-order chi connectivity index (χ0) is 27.3.